The SMILES string of the molecule is CCOc1ccc(/C=C2\C(=O)N(c3ccccc3)N=C2c2ccccc2)cc1Cl. The number of benzene rings is 3. The number of carbonyl (C=O) groups excluding carboxylic acids is 1. The molecule has 0 radical (unpaired) electrons. The van der Waals surface area contributed by atoms with Crippen LogP contribution in [0.3, 0.4) is 0 Å². The fourth-order valence-electron chi connectivity index (χ4n) is 3.14. The first kappa shape index (κ1) is 19.0. The predicted molar refractivity (Wildman–Crippen MR) is 118 cm³/mol. The van der Waals surface area contributed by atoms with Gasteiger partial charge in [-0.3, -0.25) is 4.79 Å². The van der Waals surface area contributed by atoms with Gasteiger partial charge in [0.1, 0.15) is 11.5 Å². The van der Waals surface area contributed by atoms with Gasteiger partial charge < -0.3 is 4.74 Å². The van der Waals surface area contributed by atoms with E-state index < -0.39 is 0 Å². The van der Waals surface area contributed by atoms with Crippen molar-refractivity contribution in [3.8, 4) is 5.75 Å². The lowest BCUT2D eigenvalue weighted by Crippen LogP contribution is -2.21. The smallest absolute Gasteiger partial charge is 0.281 e. The normalized spacial score (nSPS) is 15.0. The van der Waals surface area contributed by atoms with Gasteiger partial charge in [0.15, 0.2) is 0 Å². The van der Waals surface area contributed by atoms with E-state index in [2.05, 4.69) is 5.10 Å². The number of ether oxygens (including phenoxy) is 1. The molecule has 0 unspecified atom stereocenters. The maximum atomic E-state index is 13.2. The highest BCUT2D eigenvalue weighted by Crippen LogP contribution is 2.30. The summed E-state index contributed by atoms with van der Waals surface area (Å²) in [5.41, 5.74) is 3.55. The molecule has 1 amide bonds. The Morgan fingerprint density at radius 3 is 2.34 bits per heavy atom. The van der Waals surface area contributed by atoms with Crippen LogP contribution in [0.15, 0.2) is 89.5 Å². The van der Waals surface area contributed by atoms with Gasteiger partial charge >= 0.3 is 0 Å². The highest BCUT2D eigenvalue weighted by Gasteiger charge is 2.31. The van der Waals surface area contributed by atoms with Crippen molar-refractivity contribution in [2.75, 3.05) is 11.6 Å². The van der Waals surface area contributed by atoms with Crippen LogP contribution in [0.2, 0.25) is 5.02 Å². The topological polar surface area (TPSA) is 41.9 Å². The number of nitrogens with zero attached hydrogens (tertiary/aromatic N) is 2. The second kappa shape index (κ2) is 8.33. The third kappa shape index (κ3) is 3.93. The summed E-state index contributed by atoms with van der Waals surface area (Å²) in [6.07, 6.45) is 1.82. The summed E-state index contributed by atoms with van der Waals surface area (Å²) in [7, 11) is 0. The van der Waals surface area contributed by atoms with Crippen molar-refractivity contribution in [1.29, 1.82) is 0 Å². The molecule has 144 valence electrons. The van der Waals surface area contributed by atoms with Gasteiger partial charge in [-0.25, -0.2) is 0 Å². The third-order valence-electron chi connectivity index (χ3n) is 4.49. The van der Waals surface area contributed by atoms with E-state index in [1.807, 2.05) is 85.8 Å². The Morgan fingerprint density at radius 1 is 1.00 bits per heavy atom. The van der Waals surface area contributed by atoms with Crippen LogP contribution in [0, 0.1) is 0 Å². The Morgan fingerprint density at radius 2 is 1.69 bits per heavy atom. The standard InChI is InChI=1S/C24H19ClN2O2/c1-2-29-22-14-13-17(16-21(22)25)15-20-23(18-9-5-3-6-10-18)26-27(24(20)28)19-11-7-4-8-12-19/h3-16H,2H2,1H3/b20-15-. The van der Waals surface area contributed by atoms with Crippen LogP contribution in [-0.2, 0) is 4.79 Å². The van der Waals surface area contributed by atoms with Crippen LogP contribution < -0.4 is 9.75 Å². The van der Waals surface area contributed by atoms with Gasteiger partial charge in [0, 0.05) is 5.56 Å². The first-order valence-electron chi connectivity index (χ1n) is 9.35. The minimum atomic E-state index is -0.180. The van der Waals surface area contributed by atoms with Gasteiger partial charge in [-0.15, -0.1) is 0 Å². The highest BCUT2D eigenvalue weighted by atomic mass is 35.5. The highest BCUT2D eigenvalue weighted by molar-refractivity contribution is 6.37. The molecular formula is C24H19ClN2O2. The molecule has 0 spiro atoms. The second-order valence-corrected chi connectivity index (χ2v) is 6.86. The molecule has 4 nitrogen and oxygen atoms in total. The minimum absolute atomic E-state index is 0.180. The summed E-state index contributed by atoms with van der Waals surface area (Å²) >= 11 is 6.33. The second-order valence-electron chi connectivity index (χ2n) is 6.45. The van der Waals surface area contributed by atoms with Crippen LogP contribution in [-0.4, -0.2) is 18.2 Å². The Kier molecular flexibility index (Phi) is 5.45. The largest absolute Gasteiger partial charge is 0.492 e. The molecule has 0 aromatic heterocycles. The quantitative estimate of drug-likeness (QED) is 0.523. The maximum Gasteiger partial charge on any atom is 0.281 e. The van der Waals surface area contributed by atoms with E-state index in [9.17, 15) is 4.79 Å². The van der Waals surface area contributed by atoms with Crippen molar-refractivity contribution < 1.29 is 9.53 Å². The van der Waals surface area contributed by atoms with Gasteiger partial charge in [-0.1, -0.05) is 66.2 Å². The van der Waals surface area contributed by atoms with Gasteiger partial charge in [0.25, 0.3) is 5.91 Å². The Hall–Kier alpha value is -3.37. The summed E-state index contributed by atoms with van der Waals surface area (Å²) in [6, 6.07) is 24.6. The fourth-order valence-corrected chi connectivity index (χ4v) is 3.39. The number of hydrogen-bond acceptors (Lipinski definition) is 3. The molecule has 0 bridgehead atoms. The van der Waals surface area contributed by atoms with Crippen LogP contribution in [0.25, 0.3) is 6.08 Å². The lowest BCUT2D eigenvalue weighted by atomic mass is 10.0. The van der Waals surface area contributed by atoms with Crippen molar-refractivity contribution in [1.82, 2.24) is 0 Å². The third-order valence-corrected chi connectivity index (χ3v) is 4.79. The minimum Gasteiger partial charge on any atom is -0.492 e. The number of hydrogen-bond donors (Lipinski definition) is 0. The molecule has 5 heteroatoms. The van der Waals surface area contributed by atoms with Crippen LogP contribution >= 0.6 is 11.6 Å². The van der Waals surface area contributed by atoms with Crippen molar-refractivity contribution in [3.63, 3.8) is 0 Å². The molecule has 0 saturated carbocycles. The Labute approximate surface area is 174 Å². The zero-order valence-corrected chi connectivity index (χ0v) is 16.6. The maximum absolute atomic E-state index is 13.2. The van der Waals surface area contributed by atoms with Crippen molar-refractivity contribution in [2.45, 2.75) is 6.92 Å². The van der Waals surface area contributed by atoms with Crippen LogP contribution in [0.1, 0.15) is 18.1 Å². The van der Waals surface area contributed by atoms with E-state index in [-0.39, 0.29) is 5.91 Å². The number of carbonyl (C=O) groups is 1. The molecule has 29 heavy (non-hydrogen) atoms. The molecule has 1 aliphatic heterocycles. The summed E-state index contributed by atoms with van der Waals surface area (Å²) < 4.78 is 5.50. The first-order valence-corrected chi connectivity index (χ1v) is 9.73. The molecule has 0 saturated heterocycles. The molecule has 0 N–H and O–H groups in total. The summed E-state index contributed by atoms with van der Waals surface area (Å²) in [4.78, 5) is 13.2. The lowest BCUT2D eigenvalue weighted by Gasteiger charge is -2.11. The van der Waals surface area contributed by atoms with Crippen molar-refractivity contribution >= 4 is 35.0 Å². The number of halogens is 1. The molecule has 1 heterocycles. The molecular weight excluding hydrogens is 384 g/mol. The average molecular weight is 403 g/mol. The molecule has 0 atom stereocenters. The lowest BCUT2D eigenvalue weighted by molar-refractivity contribution is -0.114. The van der Waals surface area contributed by atoms with Crippen LogP contribution in [0.5, 0.6) is 5.75 Å². The van der Waals surface area contributed by atoms with Gasteiger partial charge in [0.05, 0.1) is 22.9 Å². The van der Waals surface area contributed by atoms with E-state index in [0.29, 0.717) is 28.7 Å². The van der Waals surface area contributed by atoms with Gasteiger partial charge in [-0.2, -0.15) is 10.1 Å². The molecule has 0 aliphatic carbocycles. The van der Waals surface area contributed by atoms with Crippen molar-refractivity contribution in [3.05, 3.63) is 101 Å². The van der Waals surface area contributed by atoms with Crippen LogP contribution in [0.4, 0.5) is 5.69 Å². The molecule has 3 aromatic carbocycles. The van der Waals surface area contributed by atoms with Gasteiger partial charge in [0.2, 0.25) is 0 Å². The van der Waals surface area contributed by atoms with Crippen molar-refractivity contribution in [2.24, 2.45) is 5.10 Å². The number of hydrazone groups is 1. The Bertz CT molecular complexity index is 1090. The molecule has 3 aromatic rings. The first-order chi connectivity index (χ1) is 14.2. The monoisotopic (exact) mass is 402 g/mol. The Balaban J connectivity index is 1.78. The molecule has 1 aliphatic rings. The number of para-hydroxylation sites is 1. The zero-order chi connectivity index (χ0) is 20.2. The number of rotatable bonds is 5. The van der Waals surface area contributed by atoms with E-state index >= 15 is 0 Å². The van der Waals surface area contributed by atoms with Gasteiger partial charge in [-0.05, 0) is 42.8 Å². The predicted octanol–water partition coefficient (Wildman–Crippen LogP) is 5.57. The van der Waals surface area contributed by atoms with E-state index in [4.69, 9.17) is 16.3 Å². The summed E-state index contributed by atoms with van der Waals surface area (Å²) in [5.74, 6) is 0.442. The van der Waals surface area contributed by atoms with E-state index in [1.165, 1.54) is 5.01 Å². The fraction of sp³-hybridized carbons (Fsp3) is 0.0833. The van der Waals surface area contributed by atoms with E-state index in [0.717, 1.165) is 16.8 Å². The number of anilines is 1. The average Bonchev–Trinajstić information content (AvgIpc) is 3.08. The molecule has 0 fully saturated rings. The molecule has 4 rings (SSSR count). The zero-order valence-electron chi connectivity index (χ0n) is 15.9. The van der Waals surface area contributed by atoms with E-state index in [1.54, 1.807) is 6.07 Å². The summed E-state index contributed by atoms with van der Waals surface area (Å²) in [6.45, 7) is 2.44. The summed E-state index contributed by atoms with van der Waals surface area (Å²) in [5, 5.41) is 6.57. The number of amides is 1.